The van der Waals surface area contributed by atoms with Crippen LogP contribution in [0.1, 0.15) is 38.6 Å². The van der Waals surface area contributed by atoms with Crippen LogP contribution in [-0.4, -0.2) is 29.5 Å². The van der Waals surface area contributed by atoms with Gasteiger partial charge in [-0.15, -0.1) is 11.3 Å². The van der Waals surface area contributed by atoms with E-state index in [1.165, 1.54) is 4.88 Å². The zero-order chi connectivity index (χ0) is 20.8. The molecule has 0 spiro atoms. The lowest BCUT2D eigenvalue weighted by Crippen LogP contribution is -2.16. The van der Waals surface area contributed by atoms with Gasteiger partial charge in [0.2, 0.25) is 5.78 Å². The summed E-state index contributed by atoms with van der Waals surface area (Å²) in [6.07, 6.45) is 0.0959. The van der Waals surface area contributed by atoms with E-state index >= 15 is 0 Å². The Balaban J connectivity index is 1.49. The van der Waals surface area contributed by atoms with Gasteiger partial charge in [0.15, 0.2) is 6.61 Å². The second-order valence-corrected chi connectivity index (χ2v) is 7.98. The smallest absolute Gasteiger partial charge is 0.309 e. The van der Waals surface area contributed by atoms with Crippen molar-refractivity contribution in [2.75, 3.05) is 13.2 Å². The standard InChI is InChI=1S/C23H25NO4S/c1-16-6-4-7-19(12-16)27-10-9-23(26)28-15-22(25)21-13-17(2)24(18(21)3)14-20-8-5-11-29-20/h4-8,11-13H,9-10,14-15H2,1-3H3. The molecule has 0 unspecified atom stereocenters. The van der Waals surface area contributed by atoms with Crippen molar-refractivity contribution in [3.8, 4) is 5.75 Å². The zero-order valence-corrected chi connectivity index (χ0v) is 17.8. The normalized spacial score (nSPS) is 10.7. The molecule has 0 atom stereocenters. The van der Waals surface area contributed by atoms with Crippen LogP contribution in [0.4, 0.5) is 0 Å². The first-order chi connectivity index (χ1) is 13.9. The number of benzene rings is 1. The van der Waals surface area contributed by atoms with E-state index in [1.54, 1.807) is 11.3 Å². The Hall–Kier alpha value is -2.86. The number of ketones is 1. The van der Waals surface area contributed by atoms with Crippen LogP contribution < -0.4 is 4.74 Å². The van der Waals surface area contributed by atoms with Crippen LogP contribution in [0.2, 0.25) is 0 Å². The maximum atomic E-state index is 12.6. The molecule has 6 heteroatoms. The van der Waals surface area contributed by atoms with E-state index < -0.39 is 5.97 Å². The van der Waals surface area contributed by atoms with Crippen LogP contribution in [0, 0.1) is 20.8 Å². The van der Waals surface area contributed by atoms with E-state index in [1.807, 2.05) is 62.5 Å². The van der Waals surface area contributed by atoms with Crippen molar-refractivity contribution in [1.29, 1.82) is 0 Å². The van der Waals surface area contributed by atoms with Crippen LogP contribution in [0.3, 0.4) is 0 Å². The van der Waals surface area contributed by atoms with Crippen LogP contribution in [0.25, 0.3) is 0 Å². The number of Topliss-reactive ketones (excluding diaryl/α,β-unsaturated/α-hetero) is 1. The molecule has 3 rings (SSSR count). The second kappa shape index (κ2) is 9.56. The second-order valence-electron chi connectivity index (χ2n) is 6.95. The fraction of sp³-hybridized carbons (Fsp3) is 0.304. The number of esters is 1. The number of carbonyl (C=O) groups is 2. The fourth-order valence-electron chi connectivity index (χ4n) is 3.14. The molecule has 0 radical (unpaired) electrons. The number of thiophene rings is 1. The summed E-state index contributed by atoms with van der Waals surface area (Å²) in [5.41, 5.74) is 3.59. The first-order valence-corrected chi connectivity index (χ1v) is 10.4. The Bertz CT molecular complexity index is 988. The molecule has 1 aromatic carbocycles. The lowest BCUT2D eigenvalue weighted by Gasteiger charge is -2.09. The van der Waals surface area contributed by atoms with Gasteiger partial charge in [0.25, 0.3) is 0 Å². The molecule has 0 saturated heterocycles. The molecule has 2 heterocycles. The molecule has 0 N–H and O–H groups in total. The van der Waals surface area contributed by atoms with Crippen molar-refractivity contribution >= 4 is 23.1 Å². The number of aryl methyl sites for hydroxylation is 2. The Morgan fingerprint density at radius 2 is 1.90 bits per heavy atom. The number of hydrogen-bond acceptors (Lipinski definition) is 5. The Kier molecular flexibility index (Phi) is 6.88. The minimum atomic E-state index is -0.446. The Morgan fingerprint density at radius 1 is 1.07 bits per heavy atom. The molecule has 0 fully saturated rings. The van der Waals surface area contributed by atoms with E-state index in [0.29, 0.717) is 11.3 Å². The molecule has 0 saturated carbocycles. The average molecular weight is 412 g/mol. The molecule has 2 aromatic heterocycles. The van der Waals surface area contributed by atoms with Gasteiger partial charge < -0.3 is 14.0 Å². The number of nitrogens with zero attached hydrogens (tertiary/aromatic N) is 1. The van der Waals surface area contributed by atoms with Gasteiger partial charge in [0.1, 0.15) is 5.75 Å². The first-order valence-electron chi connectivity index (χ1n) is 9.51. The number of rotatable bonds is 9. The van der Waals surface area contributed by atoms with Crippen molar-refractivity contribution in [2.45, 2.75) is 33.7 Å². The third kappa shape index (κ3) is 5.57. The molecule has 0 aliphatic rings. The topological polar surface area (TPSA) is 57.5 Å². The van der Waals surface area contributed by atoms with Gasteiger partial charge in [-0.05, 0) is 56.0 Å². The van der Waals surface area contributed by atoms with Gasteiger partial charge in [-0.2, -0.15) is 0 Å². The summed E-state index contributed by atoms with van der Waals surface area (Å²) < 4.78 is 12.8. The van der Waals surface area contributed by atoms with Crippen LogP contribution in [-0.2, 0) is 16.1 Å². The molecule has 0 aliphatic carbocycles. The molecular formula is C23H25NO4S. The quantitative estimate of drug-likeness (QED) is 0.378. The van der Waals surface area contributed by atoms with E-state index in [2.05, 4.69) is 10.6 Å². The van der Waals surface area contributed by atoms with Crippen LogP contribution in [0.15, 0.2) is 47.8 Å². The Morgan fingerprint density at radius 3 is 2.62 bits per heavy atom. The van der Waals surface area contributed by atoms with Crippen molar-refractivity contribution in [3.05, 3.63) is 75.2 Å². The lowest BCUT2D eigenvalue weighted by molar-refractivity contribution is -0.143. The maximum Gasteiger partial charge on any atom is 0.309 e. The third-order valence-electron chi connectivity index (χ3n) is 4.70. The molecule has 3 aromatic rings. The van der Waals surface area contributed by atoms with E-state index in [4.69, 9.17) is 9.47 Å². The number of aromatic nitrogens is 1. The third-order valence-corrected chi connectivity index (χ3v) is 5.56. The van der Waals surface area contributed by atoms with Gasteiger partial charge in [0, 0.05) is 21.8 Å². The summed E-state index contributed by atoms with van der Waals surface area (Å²) in [5, 5.41) is 2.04. The van der Waals surface area contributed by atoms with E-state index in [9.17, 15) is 9.59 Å². The average Bonchev–Trinajstić information content (AvgIpc) is 3.30. The van der Waals surface area contributed by atoms with Crippen molar-refractivity contribution in [1.82, 2.24) is 4.57 Å². The molecule has 152 valence electrons. The summed E-state index contributed by atoms with van der Waals surface area (Å²) in [5.74, 6) is 0.0777. The molecule has 0 aliphatic heterocycles. The molecular weight excluding hydrogens is 386 g/mol. The lowest BCUT2D eigenvalue weighted by atomic mass is 10.1. The van der Waals surface area contributed by atoms with Crippen LogP contribution >= 0.6 is 11.3 Å². The van der Waals surface area contributed by atoms with Gasteiger partial charge >= 0.3 is 5.97 Å². The zero-order valence-electron chi connectivity index (χ0n) is 16.9. The summed E-state index contributed by atoms with van der Waals surface area (Å²) in [4.78, 5) is 25.7. The van der Waals surface area contributed by atoms with E-state index in [0.717, 1.165) is 23.5 Å². The number of carbonyl (C=O) groups excluding carboxylic acids is 2. The largest absolute Gasteiger partial charge is 0.493 e. The summed E-state index contributed by atoms with van der Waals surface area (Å²) in [6, 6.07) is 13.6. The SMILES string of the molecule is Cc1cccc(OCCC(=O)OCC(=O)c2cc(C)n(Cc3cccs3)c2C)c1. The summed E-state index contributed by atoms with van der Waals surface area (Å²) in [7, 11) is 0. The van der Waals surface area contributed by atoms with Gasteiger partial charge in [0.05, 0.1) is 19.6 Å². The molecule has 5 nitrogen and oxygen atoms in total. The highest BCUT2D eigenvalue weighted by Gasteiger charge is 2.17. The summed E-state index contributed by atoms with van der Waals surface area (Å²) >= 11 is 1.69. The van der Waals surface area contributed by atoms with Crippen LogP contribution in [0.5, 0.6) is 5.75 Å². The number of ether oxygens (including phenoxy) is 2. The predicted octanol–water partition coefficient (Wildman–Crippen LogP) is 4.72. The highest BCUT2D eigenvalue weighted by molar-refractivity contribution is 7.09. The minimum absolute atomic E-state index is 0.0959. The van der Waals surface area contributed by atoms with Crippen molar-refractivity contribution < 1.29 is 19.1 Å². The van der Waals surface area contributed by atoms with Gasteiger partial charge in [-0.25, -0.2) is 0 Å². The van der Waals surface area contributed by atoms with E-state index in [-0.39, 0.29) is 25.4 Å². The van der Waals surface area contributed by atoms with Gasteiger partial charge in [-0.3, -0.25) is 9.59 Å². The highest BCUT2D eigenvalue weighted by atomic mass is 32.1. The minimum Gasteiger partial charge on any atom is -0.493 e. The Labute approximate surface area is 174 Å². The predicted molar refractivity (Wildman–Crippen MR) is 114 cm³/mol. The summed E-state index contributed by atoms with van der Waals surface area (Å²) in [6.45, 7) is 6.57. The van der Waals surface area contributed by atoms with Gasteiger partial charge in [-0.1, -0.05) is 18.2 Å². The fourth-order valence-corrected chi connectivity index (χ4v) is 3.83. The monoisotopic (exact) mass is 411 g/mol. The molecule has 0 bridgehead atoms. The first kappa shape index (κ1) is 20.9. The van der Waals surface area contributed by atoms with Crippen molar-refractivity contribution in [3.63, 3.8) is 0 Å². The molecule has 29 heavy (non-hydrogen) atoms. The van der Waals surface area contributed by atoms with Crippen molar-refractivity contribution in [2.24, 2.45) is 0 Å². The number of hydrogen-bond donors (Lipinski definition) is 0. The highest BCUT2D eigenvalue weighted by Crippen LogP contribution is 2.20. The maximum absolute atomic E-state index is 12.6. The molecule has 0 amide bonds.